The van der Waals surface area contributed by atoms with Crippen LogP contribution in [-0.2, 0) is 17.9 Å². The van der Waals surface area contributed by atoms with Crippen LogP contribution in [0.15, 0.2) is 59.3 Å². The fraction of sp³-hybridized carbons (Fsp3) is 0.211. The van der Waals surface area contributed by atoms with E-state index in [0.29, 0.717) is 6.54 Å². The second-order valence-electron chi connectivity index (χ2n) is 5.72. The molecule has 2 heterocycles. The van der Waals surface area contributed by atoms with E-state index in [0.717, 1.165) is 18.8 Å². The third-order valence-electron chi connectivity index (χ3n) is 3.62. The number of rotatable bonds is 7. The summed E-state index contributed by atoms with van der Waals surface area (Å²) in [5.41, 5.74) is 2.03. The molecule has 124 valence electrons. The van der Waals surface area contributed by atoms with Gasteiger partial charge in [-0.2, -0.15) is 0 Å². The number of thiophene rings is 2. The van der Waals surface area contributed by atoms with Crippen LogP contribution in [0.25, 0.3) is 0 Å². The van der Waals surface area contributed by atoms with Crippen LogP contribution in [0.2, 0.25) is 0 Å². The van der Waals surface area contributed by atoms with Gasteiger partial charge in [-0.05, 0) is 41.9 Å². The van der Waals surface area contributed by atoms with E-state index in [2.05, 4.69) is 45.2 Å². The Hall–Kier alpha value is -1.95. The first kappa shape index (κ1) is 16.9. The van der Waals surface area contributed by atoms with Gasteiger partial charge in [-0.1, -0.05) is 29.8 Å². The van der Waals surface area contributed by atoms with Crippen LogP contribution >= 0.6 is 22.7 Å². The standard InChI is InChI=1S/C19H20N2OS2/c1-15-6-8-16(9-7-15)20-19(22)14-21(12-17-4-2-10-23-17)13-18-5-3-11-24-18/h2-11H,12-14H2,1H3,(H,20,22). The summed E-state index contributed by atoms with van der Waals surface area (Å²) >= 11 is 3.45. The van der Waals surface area contributed by atoms with Gasteiger partial charge in [0.2, 0.25) is 5.91 Å². The summed E-state index contributed by atoms with van der Waals surface area (Å²) in [6.07, 6.45) is 0. The summed E-state index contributed by atoms with van der Waals surface area (Å²) in [6, 6.07) is 16.2. The molecule has 0 aliphatic carbocycles. The summed E-state index contributed by atoms with van der Waals surface area (Å²) in [5.74, 6) is 0.0203. The number of carbonyl (C=O) groups excluding carboxylic acids is 1. The molecule has 1 amide bonds. The fourth-order valence-corrected chi connectivity index (χ4v) is 3.95. The Kier molecular flexibility index (Phi) is 5.80. The molecule has 0 aliphatic heterocycles. The molecule has 24 heavy (non-hydrogen) atoms. The number of aryl methyl sites for hydroxylation is 1. The Balaban J connectivity index is 1.63. The van der Waals surface area contributed by atoms with Crippen LogP contribution in [-0.4, -0.2) is 17.4 Å². The first-order valence-electron chi connectivity index (χ1n) is 7.83. The second-order valence-corrected chi connectivity index (χ2v) is 7.78. The molecule has 3 aromatic rings. The van der Waals surface area contributed by atoms with Crippen molar-refractivity contribution in [1.29, 1.82) is 0 Å². The summed E-state index contributed by atoms with van der Waals surface area (Å²) in [7, 11) is 0. The lowest BCUT2D eigenvalue weighted by molar-refractivity contribution is -0.117. The molecule has 0 spiro atoms. The maximum Gasteiger partial charge on any atom is 0.238 e. The Morgan fingerprint density at radius 1 is 0.958 bits per heavy atom. The van der Waals surface area contributed by atoms with E-state index in [1.807, 2.05) is 31.2 Å². The largest absolute Gasteiger partial charge is 0.325 e. The van der Waals surface area contributed by atoms with E-state index in [-0.39, 0.29) is 5.91 Å². The van der Waals surface area contributed by atoms with Crippen LogP contribution < -0.4 is 5.32 Å². The van der Waals surface area contributed by atoms with Crippen molar-refractivity contribution in [3.63, 3.8) is 0 Å². The van der Waals surface area contributed by atoms with Crippen molar-refractivity contribution in [2.45, 2.75) is 20.0 Å². The fourth-order valence-electron chi connectivity index (χ4n) is 2.45. The highest BCUT2D eigenvalue weighted by molar-refractivity contribution is 7.10. The van der Waals surface area contributed by atoms with Crippen LogP contribution in [0.3, 0.4) is 0 Å². The molecule has 0 fully saturated rings. The highest BCUT2D eigenvalue weighted by Gasteiger charge is 2.13. The number of anilines is 1. The summed E-state index contributed by atoms with van der Waals surface area (Å²) < 4.78 is 0. The Morgan fingerprint density at radius 2 is 1.54 bits per heavy atom. The SMILES string of the molecule is Cc1ccc(NC(=O)CN(Cc2cccs2)Cc2cccs2)cc1. The number of carbonyl (C=O) groups is 1. The lowest BCUT2D eigenvalue weighted by atomic mass is 10.2. The average Bonchev–Trinajstić information content (AvgIpc) is 3.23. The predicted molar refractivity (Wildman–Crippen MR) is 103 cm³/mol. The van der Waals surface area contributed by atoms with Gasteiger partial charge >= 0.3 is 0 Å². The van der Waals surface area contributed by atoms with Gasteiger partial charge in [-0.3, -0.25) is 9.69 Å². The number of benzene rings is 1. The molecule has 0 unspecified atom stereocenters. The van der Waals surface area contributed by atoms with Gasteiger partial charge in [0.05, 0.1) is 6.54 Å². The molecular formula is C19H20N2OS2. The summed E-state index contributed by atoms with van der Waals surface area (Å²) in [4.78, 5) is 17.1. The average molecular weight is 357 g/mol. The number of hydrogen-bond donors (Lipinski definition) is 1. The molecular weight excluding hydrogens is 336 g/mol. The molecule has 0 atom stereocenters. The minimum Gasteiger partial charge on any atom is -0.325 e. The lowest BCUT2D eigenvalue weighted by Gasteiger charge is -2.20. The van der Waals surface area contributed by atoms with Gasteiger partial charge in [0, 0.05) is 28.5 Å². The van der Waals surface area contributed by atoms with Crippen molar-refractivity contribution < 1.29 is 4.79 Å². The Morgan fingerprint density at radius 3 is 2.04 bits per heavy atom. The van der Waals surface area contributed by atoms with Crippen LogP contribution in [0.4, 0.5) is 5.69 Å². The molecule has 3 nitrogen and oxygen atoms in total. The van der Waals surface area contributed by atoms with Gasteiger partial charge in [-0.25, -0.2) is 0 Å². The molecule has 0 saturated heterocycles. The number of amides is 1. The normalized spacial score (nSPS) is 10.9. The molecule has 3 rings (SSSR count). The van der Waals surface area contributed by atoms with Crippen LogP contribution in [0.1, 0.15) is 15.3 Å². The second kappa shape index (κ2) is 8.24. The molecule has 1 N–H and O–H groups in total. The van der Waals surface area contributed by atoms with E-state index in [1.54, 1.807) is 22.7 Å². The molecule has 0 saturated carbocycles. The molecule has 0 aliphatic rings. The first-order chi connectivity index (χ1) is 11.7. The number of nitrogens with one attached hydrogen (secondary N) is 1. The zero-order valence-electron chi connectivity index (χ0n) is 13.6. The van der Waals surface area contributed by atoms with Crippen molar-refractivity contribution in [2.24, 2.45) is 0 Å². The predicted octanol–water partition coefficient (Wildman–Crippen LogP) is 4.76. The van der Waals surface area contributed by atoms with Gasteiger partial charge in [-0.15, -0.1) is 22.7 Å². The van der Waals surface area contributed by atoms with Crippen molar-refractivity contribution >= 4 is 34.3 Å². The van der Waals surface area contributed by atoms with Crippen molar-refractivity contribution in [1.82, 2.24) is 4.90 Å². The van der Waals surface area contributed by atoms with Crippen molar-refractivity contribution in [3.05, 3.63) is 74.6 Å². The van der Waals surface area contributed by atoms with E-state index < -0.39 is 0 Å². The summed E-state index contributed by atoms with van der Waals surface area (Å²) in [5, 5.41) is 7.13. The quantitative estimate of drug-likeness (QED) is 0.662. The van der Waals surface area contributed by atoms with Gasteiger partial charge in [0.15, 0.2) is 0 Å². The van der Waals surface area contributed by atoms with Crippen molar-refractivity contribution in [3.8, 4) is 0 Å². The third-order valence-corrected chi connectivity index (χ3v) is 5.34. The van der Waals surface area contributed by atoms with Gasteiger partial charge < -0.3 is 5.32 Å². The Labute approximate surface area is 150 Å². The monoisotopic (exact) mass is 356 g/mol. The highest BCUT2D eigenvalue weighted by atomic mass is 32.1. The molecule has 0 radical (unpaired) electrons. The van der Waals surface area contributed by atoms with E-state index in [1.165, 1.54) is 15.3 Å². The van der Waals surface area contributed by atoms with E-state index in [4.69, 9.17) is 0 Å². The first-order valence-corrected chi connectivity index (χ1v) is 9.58. The molecule has 1 aromatic carbocycles. The minimum absolute atomic E-state index is 0.0203. The number of hydrogen-bond acceptors (Lipinski definition) is 4. The van der Waals surface area contributed by atoms with Crippen molar-refractivity contribution in [2.75, 3.05) is 11.9 Å². The van der Waals surface area contributed by atoms with Gasteiger partial charge in [0.25, 0.3) is 0 Å². The lowest BCUT2D eigenvalue weighted by Crippen LogP contribution is -2.32. The minimum atomic E-state index is 0.0203. The zero-order valence-corrected chi connectivity index (χ0v) is 15.2. The molecule has 0 bridgehead atoms. The topological polar surface area (TPSA) is 32.3 Å². The maximum absolute atomic E-state index is 12.4. The molecule has 2 aromatic heterocycles. The van der Waals surface area contributed by atoms with E-state index in [9.17, 15) is 4.79 Å². The zero-order chi connectivity index (χ0) is 16.8. The summed E-state index contributed by atoms with van der Waals surface area (Å²) in [6.45, 7) is 3.99. The Bertz CT molecular complexity index is 713. The maximum atomic E-state index is 12.4. The highest BCUT2D eigenvalue weighted by Crippen LogP contribution is 2.17. The van der Waals surface area contributed by atoms with E-state index >= 15 is 0 Å². The van der Waals surface area contributed by atoms with Crippen LogP contribution in [0, 0.1) is 6.92 Å². The number of nitrogens with zero attached hydrogens (tertiary/aromatic N) is 1. The smallest absolute Gasteiger partial charge is 0.238 e. The molecule has 5 heteroatoms. The third kappa shape index (κ3) is 5.03. The van der Waals surface area contributed by atoms with Gasteiger partial charge in [0.1, 0.15) is 0 Å². The van der Waals surface area contributed by atoms with Crippen LogP contribution in [0.5, 0.6) is 0 Å².